The molecule has 2 rings (SSSR count). The average molecular weight is 352 g/mol. The summed E-state index contributed by atoms with van der Waals surface area (Å²) in [6.07, 6.45) is 0. The molecule has 0 bridgehead atoms. The standard InChI is InChI=1S/C15H11BrFNO3/c16-11-2-1-3-12(17)13(11)14(19)18-8-9-4-6-10(7-5-9)15(20)21/h1-7H,8H2,(H,18,19)(H,20,21). The maximum absolute atomic E-state index is 13.6. The monoisotopic (exact) mass is 351 g/mol. The van der Waals surface area contributed by atoms with Crippen molar-refractivity contribution >= 4 is 27.8 Å². The van der Waals surface area contributed by atoms with E-state index >= 15 is 0 Å². The van der Waals surface area contributed by atoms with Crippen molar-refractivity contribution in [3.05, 3.63) is 69.4 Å². The molecule has 2 aromatic carbocycles. The minimum Gasteiger partial charge on any atom is -0.478 e. The first kappa shape index (κ1) is 15.2. The Morgan fingerprint density at radius 3 is 2.38 bits per heavy atom. The van der Waals surface area contributed by atoms with Crippen LogP contribution in [0.15, 0.2) is 46.9 Å². The largest absolute Gasteiger partial charge is 0.478 e. The van der Waals surface area contributed by atoms with Crippen molar-refractivity contribution in [2.45, 2.75) is 6.54 Å². The summed E-state index contributed by atoms with van der Waals surface area (Å²) >= 11 is 3.13. The highest BCUT2D eigenvalue weighted by Gasteiger charge is 2.14. The fourth-order valence-corrected chi connectivity index (χ4v) is 2.27. The Morgan fingerprint density at radius 2 is 1.81 bits per heavy atom. The van der Waals surface area contributed by atoms with E-state index in [1.54, 1.807) is 18.2 Å². The predicted molar refractivity (Wildman–Crippen MR) is 78.7 cm³/mol. The fourth-order valence-electron chi connectivity index (χ4n) is 1.75. The Morgan fingerprint density at radius 1 is 1.14 bits per heavy atom. The van der Waals surface area contributed by atoms with Crippen LogP contribution >= 0.6 is 15.9 Å². The lowest BCUT2D eigenvalue weighted by molar-refractivity contribution is 0.0696. The molecule has 4 nitrogen and oxygen atoms in total. The number of hydrogen-bond acceptors (Lipinski definition) is 2. The van der Waals surface area contributed by atoms with Gasteiger partial charge in [0.25, 0.3) is 5.91 Å². The lowest BCUT2D eigenvalue weighted by Gasteiger charge is -2.08. The molecule has 0 aliphatic carbocycles. The molecule has 0 spiro atoms. The van der Waals surface area contributed by atoms with Crippen LogP contribution in [-0.2, 0) is 6.54 Å². The van der Waals surface area contributed by atoms with Crippen LogP contribution in [0.1, 0.15) is 26.3 Å². The summed E-state index contributed by atoms with van der Waals surface area (Å²) in [6, 6.07) is 10.4. The molecule has 0 heterocycles. The van der Waals surface area contributed by atoms with Crippen LogP contribution in [0.4, 0.5) is 4.39 Å². The first-order chi connectivity index (χ1) is 9.99. The molecule has 0 atom stereocenters. The molecule has 1 amide bonds. The van der Waals surface area contributed by atoms with Crippen LogP contribution < -0.4 is 5.32 Å². The molecule has 0 radical (unpaired) electrons. The van der Waals surface area contributed by atoms with Crippen molar-refractivity contribution in [2.24, 2.45) is 0 Å². The van der Waals surface area contributed by atoms with Gasteiger partial charge in [-0.05, 0) is 45.8 Å². The first-order valence-electron chi connectivity index (χ1n) is 6.03. The molecule has 0 aromatic heterocycles. The van der Waals surface area contributed by atoms with Gasteiger partial charge in [-0.2, -0.15) is 0 Å². The molecule has 0 saturated carbocycles. The molecule has 2 N–H and O–H groups in total. The van der Waals surface area contributed by atoms with Gasteiger partial charge in [0.2, 0.25) is 0 Å². The fraction of sp³-hybridized carbons (Fsp3) is 0.0667. The predicted octanol–water partition coefficient (Wildman–Crippen LogP) is 3.22. The van der Waals surface area contributed by atoms with Crippen molar-refractivity contribution in [3.8, 4) is 0 Å². The third kappa shape index (κ3) is 3.66. The van der Waals surface area contributed by atoms with Gasteiger partial charge in [0, 0.05) is 11.0 Å². The zero-order chi connectivity index (χ0) is 15.4. The SMILES string of the molecule is O=C(O)c1ccc(CNC(=O)c2c(F)cccc2Br)cc1. The highest BCUT2D eigenvalue weighted by molar-refractivity contribution is 9.10. The van der Waals surface area contributed by atoms with E-state index in [9.17, 15) is 14.0 Å². The summed E-state index contributed by atoms with van der Waals surface area (Å²) in [5.41, 5.74) is 0.836. The van der Waals surface area contributed by atoms with Gasteiger partial charge < -0.3 is 10.4 Å². The van der Waals surface area contributed by atoms with E-state index < -0.39 is 17.7 Å². The van der Waals surface area contributed by atoms with Crippen molar-refractivity contribution < 1.29 is 19.1 Å². The van der Waals surface area contributed by atoms with E-state index in [1.165, 1.54) is 24.3 Å². The molecule has 0 fully saturated rings. The zero-order valence-corrected chi connectivity index (χ0v) is 12.4. The normalized spacial score (nSPS) is 10.2. The topological polar surface area (TPSA) is 66.4 Å². The second-order valence-electron chi connectivity index (χ2n) is 4.28. The lowest BCUT2D eigenvalue weighted by atomic mass is 10.1. The number of aromatic carboxylic acids is 1. The zero-order valence-electron chi connectivity index (χ0n) is 10.8. The molecule has 21 heavy (non-hydrogen) atoms. The molecule has 0 unspecified atom stereocenters. The van der Waals surface area contributed by atoms with E-state index in [0.29, 0.717) is 4.47 Å². The number of halogens is 2. The van der Waals surface area contributed by atoms with Crippen molar-refractivity contribution in [1.29, 1.82) is 0 Å². The number of carbonyl (C=O) groups is 2. The Balaban J connectivity index is 2.06. The number of carboxylic acids is 1. The highest BCUT2D eigenvalue weighted by atomic mass is 79.9. The molecule has 2 aromatic rings. The van der Waals surface area contributed by atoms with E-state index in [2.05, 4.69) is 21.2 Å². The summed E-state index contributed by atoms with van der Waals surface area (Å²) in [5.74, 6) is -2.16. The molecule has 0 aliphatic heterocycles. The van der Waals surface area contributed by atoms with Crippen LogP contribution in [0.3, 0.4) is 0 Å². The number of amides is 1. The second-order valence-corrected chi connectivity index (χ2v) is 5.14. The lowest BCUT2D eigenvalue weighted by Crippen LogP contribution is -2.24. The maximum atomic E-state index is 13.6. The van der Waals surface area contributed by atoms with E-state index in [-0.39, 0.29) is 17.7 Å². The van der Waals surface area contributed by atoms with E-state index in [1.807, 2.05) is 0 Å². The molecule has 108 valence electrons. The van der Waals surface area contributed by atoms with Crippen LogP contribution in [0.5, 0.6) is 0 Å². The Bertz CT molecular complexity index is 666. The number of carbonyl (C=O) groups excluding carboxylic acids is 1. The summed E-state index contributed by atoms with van der Waals surface area (Å²) in [7, 11) is 0. The van der Waals surface area contributed by atoms with Crippen molar-refractivity contribution in [2.75, 3.05) is 0 Å². The van der Waals surface area contributed by atoms with Crippen molar-refractivity contribution in [1.82, 2.24) is 5.32 Å². The van der Waals surface area contributed by atoms with Crippen LogP contribution in [0.2, 0.25) is 0 Å². The smallest absolute Gasteiger partial charge is 0.335 e. The minimum absolute atomic E-state index is 0.0559. The third-order valence-electron chi connectivity index (χ3n) is 2.84. The van der Waals surface area contributed by atoms with Gasteiger partial charge in [0.15, 0.2) is 0 Å². The van der Waals surface area contributed by atoms with Crippen molar-refractivity contribution in [3.63, 3.8) is 0 Å². The summed E-state index contributed by atoms with van der Waals surface area (Å²) in [5, 5.41) is 11.4. The minimum atomic E-state index is -1.01. The quantitative estimate of drug-likeness (QED) is 0.888. The first-order valence-corrected chi connectivity index (χ1v) is 6.83. The molecule has 6 heteroatoms. The number of nitrogens with one attached hydrogen (secondary N) is 1. The van der Waals surface area contributed by atoms with E-state index in [0.717, 1.165) is 5.56 Å². The van der Waals surface area contributed by atoms with Gasteiger partial charge in [-0.1, -0.05) is 18.2 Å². The Labute approximate surface area is 128 Å². The highest BCUT2D eigenvalue weighted by Crippen LogP contribution is 2.19. The molecular formula is C15H11BrFNO3. The second kappa shape index (κ2) is 6.49. The maximum Gasteiger partial charge on any atom is 0.335 e. The Kier molecular flexibility index (Phi) is 4.70. The molecule has 0 aliphatic rings. The number of hydrogen-bond donors (Lipinski definition) is 2. The summed E-state index contributed by atoms with van der Waals surface area (Å²) < 4.78 is 14.0. The summed E-state index contributed by atoms with van der Waals surface area (Å²) in [4.78, 5) is 22.7. The number of rotatable bonds is 4. The third-order valence-corrected chi connectivity index (χ3v) is 3.50. The molecule has 0 saturated heterocycles. The Hall–Kier alpha value is -2.21. The van der Waals surface area contributed by atoms with Crippen LogP contribution in [-0.4, -0.2) is 17.0 Å². The van der Waals surface area contributed by atoms with E-state index in [4.69, 9.17) is 5.11 Å². The number of carboxylic acid groups (broad SMARTS) is 1. The van der Waals surface area contributed by atoms with Crippen LogP contribution in [0, 0.1) is 5.82 Å². The number of benzene rings is 2. The average Bonchev–Trinajstić information content (AvgIpc) is 2.45. The van der Waals surface area contributed by atoms with Gasteiger partial charge in [-0.25, -0.2) is 9.18 Å². The summed E-state index contributed by atoms with van der Waals surface area (Å²) in [6.45, 7) is 0.180. The van der Waals surface area contributed by atoms with Gasteiger partial charge in [-0.3, -0.25) is 4.79 Å². The van der Waals surface area contributed by atoms with Gasteiger partial charge in [0.1, 0.15) is 5.82 Å². The van der Waals surface area contributed by atoms with Crippen LogP contribution in [0.25, 0.3) is 0 Å². The molecular weight excluding hydrogens is 341 g/mol. The van der Waals surface area contributed by atoms with Gasteiger partial charge in [0.05, 0.1) is 11.1 Å². The van der Waals surface area contributed by atoms with Gasteiger partial charge >= 0.3 is 5.97 Å². The van der Waals surface area contributed by atoms with Gasteiger partial charge in [-0.15, -0.1) is 0 Å².